The lowest BCUT2D eigenvalue weighted by Gasteiger charge is -2.50. The Morgan fingerprint density at radius 1 is 0.468 bits per heavy atom. The van der Waals surface area contributed by atoms with Crippen molar-refractivity contribution >= 4 is 29.5 Å². The maximum absolute atomic E-state index is 14.5. The Kier molecular flexibility index (Phi) is 46.4. The highest BCUT2D eigenvalue weighted by Gasteiger charge is 2.60. The van der Waals surface area contributed by atoms with Crippen LogP contribution < -0.4 is 32.3 Å². The minimum absolute atomic E-state index is 0.00334. The highest BCUT2D eigenvalue weighted by Crippen LogP contribution is 2.40. The molecule has 53 heteroatoms. The molecule has 5 amide bonds. The zero-order valence-electron chi connectivity index (χ0n) is 70.1. The number of aliphatic hydroxyl groups excluding tert-OH is 26. The molecule has 0 aromatic rings. The number of carbonyl (C=O) groups is 5. The molecule has 33 N–H and O–H groups in total. The molecule has 736 valence electrons. The van der Waals surface area contributed by atoms with E-state index in [1.54, 1.807) is 0 Å². The van der Waals surface area contributed by atoms with E-state index in [9.17, 15) is 157 Å². The Labute approximate surface area is 721 Å². The third-order valence-electron chi connectivity index (χ3n) is 22.0. The van der Waals surface area contributed by atoms with Crippen molar-refractivity contribution in [1.29, 1.82) is 0 Å². The van der Waals surface area contributed by atoms with Crippen molar-refractivity contribution in [3.63, 3.8) is 0 Å². The van der Waals surface area contributed by atoms with E-state index in [0.717, 1.165) is 34.6 Å². The number of rotatable bonds is 52. The summed E-state index contributed by atoms with van der Waals surface area (Å²) in [5.41, 5.74) is 5.41. The number of hydrogen-bond donors (Lipinski definition) is 32. The molecule has 35 unspecified atom stereocenters. The van der Waals surface area contributed by atoms with Gasteiger partial charge >= 0.3 is 0 Å². The van der Waals surface area contributed by atoms with Gasteiger partial charge in [-0.05, 0) is 6.42 Å². The third-order valence-corrected chi connectivity index (χ3v) is 22.0. The van der Waals surface area contributed by atoms with Gasteiger partial charge < -0.3 is 241 Å². The molecule has 0 aliphatic carbocycles. The molecule has 0 saturated carbocycles. The average Bonchev–Trinajstić information content (AvgIpc) is 0.768. The summed E-state index contributed by atoms with van der Waals surface area (Å²) in [5.74, 6) is -12.4. The van der Waals surface area contributed by atoms with Crippen LogP contribution in [0.15, 0.2) is 0 Å². The Morgan fingerprint density at radius 2 is 0.984 bits per heavy atom. The highest BCUT2D eigenvalue weighted by molar-refractivity contribution is 5.84. The zero-order valence-corrected chi connectivity index (χ0v) is 70.1. The van der Waals surface area contributed by atoms with Crippen molar-refractivity contribution in [3.8, 4) is 0 Å². The summed E-state index contributed by atoms with van der Waals surface area (Å²) in [6.07, 6.45) is -75.9. The molecule has 0 aromatic carbocycles. The van der Waals surface area contributed by atoms with Crippen LogP contribution in [0.1, 0.15) is 60.8 Å². The quantitative estimate of drug-likeness (QED) is 0.0199. The van der Waals surface area contributed by atoms with Crippen LogP contribution in [-0.2, 0) is 99.8 Å². The minimum atomic E-state index is -2.85. The highest BCUT2D eigenvalue weighted by atomic mass is 16.8. The molecule has 0 spiro atoms. The maximum atomic E-state index is 14.5. The standard InChI is InChI=1S/C73H132N6O47/c1-27(19-81)47(94)49(96)33(17-36-44(77-30(4)88)53(100)60(38(22-84)116-36)121-42(93)7-10-80)66(107)114-25-28(2)48(95)64(59(106)68(109)122-61-39(23-85)117-67(108)45(54(61)101)78-31(5)89)124-71-65(57(104)51(98)37(21-83)118-71)125-69-46(79-32(6)90)55(102)62(40(24-86)119-69)123-70-58(105)56(103)52(99)41(120-70)26-115-73(72(110)75-9-12-112-14-16-113-15-13-111-11-8-74)18-34(91)43(76-29(3)87)63(126-73)50(97)35(92)20-82/h27-28,33-71,80-86,91-109H,7-26,74H2,1-6H3,(H,75,110)(H,76,87)(H,77,88)(H,78,89)(H,79,90)/t27?,28?,33?,34-,35-,36?,37+,38?,39?,40?,41?,42+,43?,44?,45?,46?,47?,48?,49?,50-,51?,52?,53?,54?,55?,56?,57?,58?,59?,60?,61?,62?,63?,64?,65?,66?,67?,68?,69?,70?,71-,73-/m1/s1. The minimum Gasteiger partial charge on any atom is -0.396 e. The predicted octanol–water partition coefficient (Wildman–Crippen LogP) is -18.8. The van der Waals surface area contributed by atoms with Gasteiger partial charge in [0.15, 0.2) is 44.0 Å². The number of hydrogen-bond acceptors (Lipinski definition) is 48. The number of ether oxygens (including phenoxy) is 16. The molecule has 6 aliphatic heterocycles. The molecule has 0 bridgehead atoms. The van der Waals surface area contributed by atoms with Crippen LogP contribution in [0.2, 0.25) is 0 Å². The molecule has 42 atom stereocenters. The topological polar surface area (TPSA) is 845 Å². The first-order chi connectivity index (χ1) is 59.5. The van der Waals surface area contributed by atoms with Crippen molar-refractivity contribution < 1.29 is 233 Å². The molecule has 126 heavy (non-hydrogen) atoms. The van der Waals surface area contributed by atoms with Crippen LogP contribution in [-0.4, -0.2) is 513 Å². The second-order valence-electron chi connectivity index (χ2n) is 31.6. The Bertz CT molecular complexity index is 3190. The van der Waals surface area contributed by atoms with Crippen LogP contribution in [0.4, 0.5) is 0 Å². The van der Waals surface area contributed by atoms with Gasteiger partial charge in [0, 0.05) is 84.6 Å². The molecule has 6 heterocycles. The van der Waals surface area contributed by atoms with Gasteiger partial charge in [0.25, 0.3) is 11.7 Å². The first-order valence-electron chi connectivity index (χ1n) is 41.0. The summed E-state index contributed by atoms with van der Waals surface area (Å²) >= 11 is 0. The molecule has 6 aliphatic rings. The number of nitrogens with two attached hydrogens (primary N) is 1. The van der Waals surface area contributed by atoms with Gasteiger partial charge in [-0.15, -0.1) is 0 Å². The van der Waals surface area contributed by atoms with Crippen molar-refractivity contribution in [2.24, 2.45) is 23.5 Å². The van der Waals surface area contributed by atoms with Crippen molar-refractivity contribution in [1.82, 2.24) is 26.6 Å². The molecule has 6 rings (SSSR count). The van der Waals surface area contributed by atoms with E-state index in [-0.39, 0.29) is 39.6 Å². The fourth-order valence-corrected chi connectivity index (χ4v) is 15.1. The molecule has 6 saturated heterocycles. The summed E-state index contributed by atoms with van der Waals surface area (Å²) in [7, 11) is 0. The zero-order chi connectivity index (χ0) is 94.0. The molecular weight excluding hydrogens is 1710 g/mol. The number of amides is 5. The van der Waals surface area contributed by atoms with E-state index < -0.39 is 365 Å². The number of nitrogens with one attached hydrogen (secondary N) is 5. The van der Waals surface area contributed by atoms with Crippen molar-refractivity contribution in [2.75, 3.05) is 112 Å². The lowest BCUT2D eigenvalue weighted by Crippen LogP contribution is -2.70. The Hall–Kier alpha value is -4.37. The van der Waals surface area contributed by atoms with Crippen LogP contribution in [0, 0.1) is 17.8 Å². The van der Waals surface area contributed by atoms with Gasteiger partial charge in [-0.25, -0.2) is 0 Å². The Morgan fingerprint density at radius 3 is 1.56 bits per heavy atom. The molecule has 6 fully saturated rings. The summed E-state index contributed by atoms with van der Waals surface area (Å²) in [6.45, 7) is -2.42. The molecular formula is C73H132N6O47. The fourth-order valence-electron chi connectivity index (χ4n) is 15.1. The molecule has 0 radical (unpaired) electrons. The summed E-state index contributed by atoms with van der Waals surface area (Å²) in [4.78, 5) is 65.1. The first kappa shape index (κ1) is 110. The monoisotopic (exact) mass is 1840 g/mol. The van der Waals surface area contributed by atoms with Crippen molar-refractivity contribution in [2.45, 2.75) is 300 Å². The van der Waals surface area contributed by atoms with E-state index in [0.29, 0.717) is 13.2 Å². The van der Waals surface area contributed by atoms with E-state index in [1.807, 2.05) is 0 Å². The largest absolute Gasteiger partial charge is 0.396 e. The summed E-state index contributed by atoms with van der Waals surface area (Å²) in [5, 5.41) is 304. The maximum Gasteiger partial charge on any atom is 0.280 e. The van der Waals surface area contributed by atoms with Gasteiger partial charge in [-0.1, -0.05) is 13.8 Å². The smallest absolute Gasteiger partial charge is 0.280 e. The second-order valence-corrected chi connectivity index (χ2v) is 31.6. The van der Waals surface area contributed by atoms with Crippen LogP contribution in [0.5, 0.6) is 0 Å². The number of aliphatic hydroxyl groups is 26. The van der Waals surface area contributed by atoms with Gasteiger partial charge in [-0.2, -0.15) is 0 Å². The SMILES string of the molecule is CC(=O)NC1C(O)OC(CO)C(OC(O)C(O)C(O[C@H]2O[C@@H](CO)C(O)C(O)C2OC2OC(CO)C(OC3OC(CO[C@]4(C(=O)NCCOCCOCCOCCN)C[C@@H](O)C(NC(C)=O)C([C@H](O)[C@H](O)CO)O4)C(O)C(O)C3O)C(O)C2NC(C)=O)C(O)C(C)COC(O)C(CC2OC(CO)C(O[C@H](O)CCO)C(O)C2NC(C)=O)C(O)C(O)C(C)CO)C1O. The van der Waals surface area contributed by atoms with E-state index in [2.05, 4.69) is 26.6 Å². The van der Waals surface area contributed by atoms with Crippen LogP contribution in [0.3, 0.4) is 0 Å². The van der Waals surface area contributed by atoms with E-state index in [1.165, 1.54) is 6.92 Å². The van der Waals surface area contributed by atoms with Gasteiger partial charge in [0.1, 0.15) is 146 Å². The van der Waals surface area contributed by atoms with E-state index in [4.69, 9.17) is 81.5 Å². The summed E-state index contributed by atoms with van der Waals surface area (Å²) < 4.78 is 93.0. The predicted molar refractivity (Wildman–Crippen MR) is 408 cm³/mol. The first-order valence-corrected chi connectivity index (χ1v) is 41.0. The Balaban J connectivity index is 1.33. The van der Waals surface area contributed by atoms with Gasteiger partial charge in [-0.3, -0.25) is 24.0 Å². The lowest BCUT2D eigenvalue weighted by molar-refractivity contribution is -0.383. The third kappa shape index (κ3) is 29.6. The second kappa shape index (κ2) is 52.9. The average molecular weight is 1850 g/mol. The van der Waals surface area contributed by atoms with Crippen LogP contribution in [0.25, 0.3) is 0 Å². The van der Waals surface area contributed by atoms with Crippen LogP contribution >= 0.6 is 0 Å². The number of carbonyl (C=O) groups excluding carboxylic acids is 5. The fraction of sp³-hybridized carbons (Fsp3) is 0.932. The van der Waals surface area contributed by atoms with E-state index >= 15 is 0 Å². The summed E-state index contributed by atoms with van der Waals surface area (Å²) in [6, 6.07) is -7.13. The van der Waals surface area contributed by atoms with Gasteiger partial charge in [0.2, 0.25) is 23.6 Å². The van der Waals surface area contributed by atoms with Crippen molar-refractivity contribution in [3.05, 3.63) is 0 Å². The normalized spacial score (nSPS) is 37.1. The molecule has 0 aromatic heterocycles. The molecule has 53 nitrogen and oxygen atoms in total. The van der Waals surface area contributed by atoms with Gasteiger partial charge in [0.05, 0.1) is 128 Å². The lowest BCUT2D eigenvalue weighted by atomic mass is 9.82.